The van der Waals surface area contributed by atoms with Crippen LogP contribution in [0.25, 0.3) is 10.9 Å². The van der Waals surface area contributed by atoms with Gasteiger partial charge in [-0.3, -0.25) is 9.69 Å². The monoisotopic (exact) mass is 422 g/mol. The number of ketones is 1. The number of benzene rings is 1. The predicted molar refractivity (Wildman–Crippen MR) is 119 cm³/mol. The first kappa shape index (κ1) is 21.7. The van der Waals surface area contributed by atoms with Crippen LogP contribution in [0.3, 0.4) is 0 Å². The predicted octanol–water partition coefficient (Wildman–Crippen LogP) is 1.91. The molecule has 7 heteroatoms. The number of aliphatic hydroxyl groups excluding tert-OH is 1. The lowest BCUT2D eigenvalue weighted by Crippen LogP contribution is -2.56. The summed E-state index contributed by atoms with van der Waals surface area (Å²) in [5.41, 5.74) is 0.835. The number of aliphatic hydroxyl groups is 2. The third kappa shape index (κ3) is 4.72. The Morgan fingerprint density at radius 3 is 2.81 bits per heavy atom. The quantitative estimate of drug-likeness (QED) is 0.586. The number of aromatic nitrogens is 2. The van der Waals surface area contributed by atoms with Gasteiger partial charge < -0.3 is 15.5 Å². The Labute approximate surface area is 182 Å². The zero-order chi connectivity index (χ0) is 22.0. The molecule has 1 aromatic carbocycles. The molecule has 2 fully saturated rings. The number of rotatable bonds is 7. The van der Waals surface area contributed by atoms with E-state index in [2.05, 4.69) is 26.1 Å². The average Bonchev–Trinajstić information content (AvgIpc) is 2.74. The van der Waals surface area contributed by atoms with E-state index in [1.807, 2.05) is 25.1 Å². The Morgan fingerprint density at radius 2 is 2.10 bits per heavy atom. The Hall–Kier alpha value is -2.53. The molecule has 0 bridgehead atoms. The maximum atomic E-state index is 12.5. The number of terminal acetylenes is 1. The minimum absolute atomic E-state index is 0.180. The summed E-state index contributed by atoms with van der Waals surface area (Å²) in [6.45, 7) is 4.09. The van der Waals surface area contributed by atoms with Gasteiger partial charge >= 0.3 is 0 Å². The van der Waals surface area contributed by atoms with Crippen LogP contribution in [0.15, 0.2) is 24.5 Å². The molecule has 3 N–H and O–H groups in total. The van der Waals surface area contributed by atoms with Gasteiger partial charge in [-0.2, -0.15) is 0 Å². The van der Waals surface area contributed by atoms with E-state index < -0.39 is 11.7 Å². The van der Waals surface area contributed by atoms with Gasteiger partial charge in [0.05, 0.1) is 12.1 Å². The number of hydrogen-bond acceptors (Lipinski definition) is 7. The number of nitrogens with one attached hydrogen (secondary N) is 1. The molecule has 1 saturated carbocycles. The van der Waals surface area contributed by atoms with Crippen molar-refractivity contribution in [3.8, 4) is 12.3 Å². The van der Waals surface area contributed by atoms with Crippen LogP contribution in [0, 0.1) is 25.2 Å². The van der Waals surface area contributed by atoms with Crippen molar-refractivity contribution in [1.82, 2.24) is 14.9 Å². The lowest BCUT2D eigenvalue weighted by atomic mass is 9.77. The Balaban J connectivity index is 1.22. The topological polar surface area (TPSA) is 98.6 Å². The van der Waals surface area contributed by atoms with Crippen LogP contribution in [0.1, 0.15) is 37.7 Å². The maximum absolute atomic E-state index is 12.5. The second kappa shape index (κ2) is 8.91. The van der Waals surface area contributed by atoms with Gasteiger partial charge in [-0.15, -0.1) is 6.42 Å². The second-order valence-corrected chi connectivity index (χ2v) is 9.06. The first-order valence-corrected chi connectivity index (χ1v) is 11.0. The van der Waals surface area contributed by atoms with Crippen LogP contribution in [-0.2, 0) is 4.79 Å². The summed E-state index contributed by atoms with van der Waals surface area (Å²) >= 11 is 0. The zero-order valence-electron chi connectivity index (χ0n) is 17.9. The molecule has 2 heterocycles. The number of aryl methyl sites for hydroxylation is 1. The minimum Gasteiger partial charge on any atom is -0.386 e. The molecule has 1 aromatic heterocycles. The molecule has 0 amide bonds. The van der Waals surface area contributed by atoms with Gasteiger partial charge in [0, 0.05) is 30.9 Å². The third-order valence-corrected chi connectivity index (χ3v) is 6.75. The van der Waals surface area contributed by atoms with E-state index in [1.54, 1.807) is 0 Å². The molecule has 2 aliphatic rings. The fourth-order valence-electron chi connectivity index (χ4n) is 4.82. The van der Waals surface area contributed by atoms with Gasteiger partial charge in [0.15, 0.2) is 5.78 Å². The summed E-state index contributed by atoms with van der Waals surface area (Å²) < 4.78 is 0. The van der Waals surface area contributed by atoms with Crippen molar-refractivity contribution in [1.29, 1.82) is 0 Å². The fraction of sp³-hybridized carbons (Fsp3) is 0.542. The molecule has 7 nitrogen and oxygen atoms in total. The molecule has 0 spiro atoms. The molecule has 164 valence electrons. The third-order valence-electron chi connectivity index (χ3n) is 6.75. The fourth-order valence-corrected chi connectivity index (χ4v) is 4.82. The molecule has 4 rings (SSSR count). The average molecular weight is 423 g/mol. The SMILES string of the molecule is C#CC(O)C1(O)CCC(N2CC(CC(=O)CNc3ncnc4ccc(C)cc34)C2)CC1. The maximum Gasteiger partial charge on any atom is 0.152 e. The highest BCUT2D eigenvalue weighted by Gasteiger charge is 2.42. The van der Waals surface area contributed by atoms with Crippen LogP contribution >= 0.6 is 0 Å². The van der Waals surface area contributed by atoms with E-state index >= 15 is 0 Å². The van der Waals surface area contributed by atoms with Crippen molar-refractivity contribution in [2.45, 2.75) is 56.8 Å². The standard InChI is InChI=1S/C24H30N4O3/c1-3-22(30)24(31)8-6-18(7-9-24)28-13-17(14-28)11-19(29)12-25-23-20-10-16(2)4-5-21(20)26-15-27-23/h1,4-5,10,15,17-18,22,30-31H,6-9,11-14H2,2H3,(H,25,26,27). The summed E-state index contributed by atoms with van der Waals surface area (Å²) in [4.78, 5) is 23.5. The van der Waals surface area contributed by atoms with Crippen molar-refractivity contribution in [2.75, 3.05) is 25.0 Å². The highest BCUT2D eigenvalue weighted by Crippen LogP contribution is 2.36. The van der Waals surface area contributed by atoms with Crippen LogP contribution < -0.4 is 5.32 Å². The van der Waals surface area contributed by atoms with Gasteiger partial charge in [0.2, 0.25) is 0 Å². The highest BCUT2D eigenvalue weighted by molar-refractivity contribution is 5.91. The molecule has 1 saturated heterocycles. The molecule has 1 atom stereocenters. The van der Waals surface area contributed by atoms with Gasteiger partial charge in [-0.1, -0.05) is 17.6 Å². The Morgan fingerprint density at radius 1 is 1.35 bits per heavy atom. The van der Waals surface area contributed by atoms with E-state index in [1.165, 1.54) is 6.33 Å². The van der Waals surface area contributed by atoms with Crippen molar-refractivity contribution in [3.05, 3.63) is 30.1 Å². The molecular formula is C24H30N4O3. The molecule has 0 radical (unpaired) electrons. The first-order valence-electron chi connectivity index (χ1n) is 11.0. The lowest BCUT2D eigenvalue weighted by Gasteiger charge is -2.48. The van der Waals surface area contributed by atoms with Crippen LogP contribution in [0.2, 0.25) is 0 Å². The molecule has 2 aromatic rings. The van der Waals surface area contributed by atoms with Crippen molar-refractivity contribution in [3.63, 3.8) is 0 Å². The Kier molecular flexibility index (Phi) is 6.24. The largest absolute Gasteiger partial charge is 0.386 e. The second-order valence-electron chi connectivity index (χ2n) is 9.06. The number of Topliss-reactive ketones (excluding diaryl/α,β-unsaturated/α-hetero) is 1. The van der Waals surface area contributed by atoms with E-state index in [-0.39, 0.29) is 12.3 Å². The number of anilines is 1. The van der Waals surface area contributed by atoms with Crippen molar-refractivity contribution < 1.29 is 15.0 Å². The van der Waals surface area contributed by atoms with Gasteiger partial charge in [0.25, 0.3) is 0 Å². The summed E-state index contributed by atoms with van der Waals surface area (Å²) in [5, 5.41) is 24.4. The molecule has 1 aliphatic heterocycles. The number of hydrogen-bond donors (Lipinski definition) is 3. The van der Waals surface area contributed by atoms with Crippen LogP contribution in [0.5, 0.6) is 0 Å². The van der Waals surface area contributed by atoms with Gasteiger partial charge in [-0.05, 0) is 50.7 Å². The number of fused-ring (bicyclic) bond motifs is 1. The Bertz CT molecular complexity index is 988. The number of nitrogens with zero attached hydrogens (tertiary/aromatic N) is 3. The van der Waals surface area contributed by atoms with Gasteiger partial charge in [-0.25, -0.2) is 9.97 Å². The molecule has 1 aliphatic carbocycles. The van der Waals surface area contributed by atoms with Crippen molar-refractivity contribution >= 4 is 22.5 Å². The van der Waals surface area contributed by atoms with Crippen LogP contribution in [-0.4, -0.2) is 68.2 Å². The van der Waals surface area contributed by atoms with Crippen LogP contribution in [0.4, 0.5) is 5.82 Å². The van der Waals surface area contributed by atoms with E-state index in [0.29, 0.717) is 37.0 Å². The zero-order valence-corrected chi connectivity index (χ0v) is 17.9. The molecular weight excluding hydrogens is 392 g/mol. The number of carbonyl (C=O) groups is 1. The minimum atomic E-state index is -1.15. The van der Waals surface area contributed by atoms with E-state index in [9.17, 15) is 15.0 Å². The summed E-state index contributed by atoms with van der Waals surface area (Å²) in [5.74, 6) is 3.50. The highest BCUT2D eigenvalue weighted by atomic mass is 16.3. The van der Waals surface area contributed by atoms with E-state index in [4.69, 9.17) is 6.42 Å². The van der Waals surface area contributed by atoms with E-state index in [0.717, 1.165) is 42.4 Å². The molecule has 31 heavy (non-hydrogen) atoms. The smallest absolute Gasteiger partial charge is 0.152 e. The summed E-state index contributed by atoms with van der Waals surface area (Å²) in [6, 6.07) is 6.39. The lowest BCUT2D eigenvalue weighted by molar-refractivity contribution is -0.121. The normalized spacial score (nSPS) is 25.5. The molecule has 1 unspecified atom stereocenters. The van der Waals surface area contributed by atoms with Gasteiger partial charge in [0.1, 0.15) is 23.9 Å². The number of likely N-dealkylation sites (tertiary alicyclic amines) is 1. The van der Waals surface area contributed by atoms with Crippen molar-refractivity contribution in [2.24, 2.45) is 5.92 Å². The number of carbonyl (C=O) groups excluding carboxylic acids is 1. The first-order chi connectivity index (χ1) is 14.9. The summed E-state index contributed by atoms with van der Waals surface area (Å²) in [7, 11) is 0. The summed E-state index contributed by atoms with van der Waals surface area (Å²) in [6.07, 6.45) is 8.90.